The number of carbonyl (C=O) groups is 1. The second-order valence-electron chi connectivity index (χ2n) is 8.99. The number of hydrogen-bond donors (Lipinski definition) is 0. The van der Waals surface area contributed by atoms with Crippen LogP contribution in [-0.4, -0.2) is 36.4 Å². The molecule has 7 heteroatoms. The summed E-state index contributed by atoms with van der Waals surface area (Å²) in [5, 5.41) is 0. The third-order valence-electron chi connectivity index (χ3n) is 7.03. The molecule has 0 atom stereocenters. The molecule has 1 aliphatic heterocycles. The van der Waals surface area contributed by atoms with Crippen LogP contribution in [0.25, 0.3) is 11.0 Å². The Bertz CT molecular complexity index is 1180. The Morgan fingerprint density at radius 2 is 1.94 bits per heavy atom. The molecule has 33 heavy (non-hydrogen) atoms. The fourth-order valence-electron chi connectivity index (χ4n) is 5.46. The number of hydrogen-bond acceptors (Lipinski definition) is 4. The summed E-state index contributed by atoms with van der Waals surface area (Å²) in [5.41, 5.74) is 4.91. The maximum absolute atomic E-state index is 14.4. The maximum atomic E-state index is 14.4. The van der Waals surface area contributed by atoms with Crippen molar-refractivity contribution in [1.29, 1.82) is 0 Å². The Balaban J connectivity index is 1.62. The Morgan fingerprint density at radius 3 is 2.67 bits per heavy atom. The molecular formula is C26H30FN3O3. The normalized spacial score (nSPS) is 16.6. The van der Waals surface area contributed by atoms with E-state index in [1.807, 2.05) is 12.1 Å². The van der Waals surface area contributed by atoms with Crippen molar-refractivity contribution in [1.82, 2.24) is 9.55 Å². The van der Waals surface area contributed by atoms with Crippen LogP contribution in [-0.2, 0) is 17.6 Å². The zero-order valence-corrected chi connectivity index (χ0v) is 19.3. The smallest absolute Gasteiger partial charge is 0.414 e. The first kappa shape index (κ1) is 21.7. The molecule has 3 aromatic rings. The third kappa shape index (κ3) is 3.94. The number of aromatic nitrogens is 2. The first-order chi connectivity index (χ1) is 16.1. The van der Waals surface area contributed by atoms with Crippen molar-refractivity contribution < 1.29 is 18.7 Å². The van der Waals surface area contributed by atoms with Crippen LogP contribution in [0.15, 0.2) is 30.3 Å². The molecular weight excluding hydrogens is 421 g/mol. The summed E-state index contributed by atoms with van der Waals surface area (Å²) in [4.78, 5) is 19.2. The molecule has 2 aromatic carbocycles. The number of ether oxygens (including phenoxy) is 2. The number of halogens is 1. The minimum atomic E-state index is -0.360. The molecule has 1 amide bonds. The van der Waals surface area contributed by atoms with Crippen molar-refractivity contribution in [3.8, 4) is 5.75 Å². The molecule has 2 heterocycles. The van der Waals surface area contributed by atoms with Crippen molar-refractivity contribution >= 4 is 22.8 Å². The number of aryl methyl sites for hydroxylation is 1. The van der Waals surface area contributed by atoms with Gasteiger partial charge in [0.05, 0.1) is 30.9 Å². The standard InChI is InChI=1S/C26H30FN3O3/c1-32-23-13-10-17(15-20(23)27)16-24-28-25-19-9-6-14-29(26(31)33-2)21(19)11-12-22(25)30(24)18-7-4-3-5-8-18/h10-13,15,18H,3-9,14,16H2,1-2H3. The summed E-state index contributed by atoms with van der Waals surface area (Å²) in [5.74, 6) is 0.836. The molecule has 0 bridgehead atoms. The molecule has 0 N–H and O–H groups in total. The number of rotatable bonds is 4. The van der Waals surface area contributed by atoms with Crippen LogP contribution in [0.1, 0.15) is 61.5 Å². The van der Waals surface area contributed by atoms with E-state index in [0.29, 0.717) is 19.0 Å². The summed E-state index contributed by atoms with van der Waals surface area (Å²) in [6.45, 7) is 0.645. The van der Waals surface area contributed by atoms with E-state index in [-0.39, 0.29) is 17.7 Å². The van der Waals surface area contributed by atoms with E-state index in [1.54, 1.807) is 11.0 Å². The first-order valence-corrected chi connectivity index (χ1v) is 11.8. The molecule has 0 saturated heterocycles. The van der Waals surface area contributed by atoms with Crippen molar-refractivity contribution in [3.63, 3.8) is 0 Å². The monoisotopic (exact) mass is 451 g/mol. The van der Waals surface area contributed by atoms with Gasteiger partial charge in [-0.05, 0) is 55.5 Å². The van der Waals surface area contributed by atoms with Crippen LogP contribution in [0.2, 0.25) is 0 Å². The van der Waals surface area contributed by atoms with Crippen LogP contribution in [0.4, 0.5) is 14.9 Å². The minimum absolute atomic E-state index is 0.247. The van der Waals surface area contributed by atoms with Gasteiger partial charge in [0.25, 0.3) is 0 Å². The van der Waals surface area contributed by atoms with E-state index in [9.17, 15) is 9.18 Å². The van der Waals surface area contributed by atoms with Crippen LogP contribution < -0.4 is 9.64 Å². The van der Waals surface area contributed by atoms with Crippen molar-refractivity contribution in [2.24, 2.45) is 0 Å². The lowest BCUT2D eigenvalue weighted by atomic mass is 9.94. The lowest BCUT2D eigenvalue weighted by Crippen LogP contribution is -2.35. The lowest BCUT2D eigenvalue weighted by molar-refractivity contribution is 0.178. The van der Waals surface area contributed by atoms with Crippen molar-refractivity contribution in [3.05, 3.63) is 53.1 Å². The number of anilines is 1. The number of fused-ring (bicyclic) bond motifs is 3. The SMILES string of the molecule is COC(=O)N1CCCc2c1ccc1c2nc(Cc2ccc(OC)c(F)c2)n1C1CCCCC1. The van der Waals surface area contributed by atoms with Crippen LogP contribution in [0.5, 0.6) is 5.75 Å². The number of amides is 1. The second kappa shape index (κ2) is 9.04. The van der Waals surface area contributed by atoms with Crippen LogP contribution >= 0.6 is 0 Å². The van der Waals surface area contributed by atoms with Gasteiger partial charge in [0.15, 0.2) is 11.6 Å². The predicted octanol–water partition coefficient (Wildman–Crippen LogP) is 5.80. The van der Waals surface area contributed by atoms with E-state index >= 15 is 0 Å². The first-order valence-electron chi connectivity index (χ1n) is 11.8. The zero-order valence-electron chi connectivity index (χ0n) is 19.3. The average Bonchev–Trinajstić information content (AvgIpc) is 3.22. The molecule has 6 nitrogen and oxygen atoms in total. The van der Waals surface area contributed by atoms with Gasteiger partial charge in [0.2, 0.25) is 0 Å². The number of benzene rings is 2. The molecule has 2 aliphatic rings. The van der Waals surface area contributed by atoms with Gasteiger partial charge < -0.3 is 14.0 Å². The van der Waals surface area contributed by atoms with Crippen LogP contribution in [0, 0.1) is 5.82 Å². The summed E-state index contributed by atoms with van der Waals surface area (Å²) in [6, 6.07) is 9.63. The molecule has 0 spiro atoms. The summed E-state index contributed by atoms with van der Waals surface area (Å²) in [6.07, 6.45) is 7.89. The van der Waals surface area contributed by atoms with Gasteiger partial charge in [-0.2, -0.15) is 0 Å². The lowest BCUT2D eigenvalue weighted by Gasteiger charge is -2.29. The topological polar surface area (TPSA) is 56.6 Å². The fourth-order valence-corrected chi connectivity index (χ4v) is 5.46. The van der Waals surface area contributed by atoms with Crippen molar-refractivity contribution in [2.45, 2.75) is 57.4 Å². The fraction of sp³-hybridized carbons (Fsp3) is 0.462. The van der Waals surface area contributed by atoms with Gasteiger partial charge in [-0.1, -0.05) is 25.3 Å². The van der Waals surface area contributed by atoms with E-state index < -0.39 is 0 Å². The van der Waals surface area contributed by atoms with Gasteiger partial charge in [0.1, 0.15) is 5.82 Å². The van der Waals surface area contributed by atoms with Crippen LogP contribution in [0.3, 0.4) is 0 Å². The Kier molecular flexibility index (Phi) is 5.96. The van der Waals surface area contributed by atoms with Crippen molar-refractivity contribution in [2.75, 3.05) is 25.7 Å². The molecule has 1 aliphatic carbocycles. The highest BCUT2D eigenvalue weighted by Gasteiger charge is 2.28. The summed E-state index contributed by atoms with van der Waals surface area (Å²) in [7, 11) is 2.89. The van der Waals surface area contributed by atoms with E-state index in [4.69, 9.17) is 14.5 Å². The maximum Gasteiger partial charge on any atom is 0.414 e. The largest absolute Gasteiger partial charge is 0.494 e. The number of nitrogens with zero attached hydrogens (tertiary/aromatic N) is 3. The molecule has 1 fully saturated rings. The second-order valence-corrected chi connectivity index (χ2v) is 8.99. The average molecular weight is 452 g/mol. The van der Waals surface area contributed by atoms with Gasteiger partial charge in [-0.15, -0.1) is 0 Å². The summed E-state index contributed by atoms with van der Waals surface area (Å²) >= 11 is 0. The number of methoxy groups -OCH3 is 2. The minimum Gasteiger partial charge on any atom is -0.494 e. The molecule has 174 valence electrons. The summed E-state index contributed by atoms with van der Waals surface area (Å²) < 4.78 is 26.9. The number of carbonyl (C=O) groups excluding carboxylic acids is 1. The molecule has 0 unspecified atom stereocenters. The number of imidazole rings is 1. The van der Waals surface area contributed by atoms with Gasteiger partial charge in [0, 0.05) is 24.6 Å². The highest BCUT2D eigenvalue weighted by Crippen LogP contribution is 2.38. The van der Waals surface area contributed by atoms with E-state index in [0.717, 1.165) is 59.4 Å². The van der Waals surface area contributed by atoms with Gasteiger partial charge in [-0.3, -0.25) is 4.90 Å². The predicted molar refractivity (Wildman–Crippen MR) is 126 cm³/mol. The zero-order chi connectivity index (χ0) is 22.9. The van der Waals surface area contributed by atoms with Gasteiger partial charge >= 0.3 is 6.09 Å². The Hall–Kier alpha value is -3.09. The van der Waals surface area contributed by atoms with E-state index in [2.05, 4.69) is 10.6 Å². The molecule has 5 rings (SSSR count). The Morgan fingerprint density at radius 1 is 1.12 bits per heavy atom. The quantitative estimate of drug-likeness (QED) is 0.503. The highest BCUT2D eigenvalue weighted by atomic mass is 19.1. The molecule has 0 radical (unpaired) electrons. The molecule has 1 saturated carbocycles. The Labute approximate surface area is 193 Å². The third-order valence-corrected chi connectivity index (χ3v) is 7.03. The van der Waals surface area contributed by atoms with E-state index in [1.165, 1.54) is 39.5 Å². The molecule has 1 aromatic heterocycles. The highest BCUT2D eigenvalue weighted by molar-refractivity contribution is 5.95. The van der Waals surface area contributed by atoms with Gasteiger partial charge in [-0.25, -0.2) is 14.2 Å².